The van der Waals surface area contributed by atoms with Gasteiger partial charge in [-0.3, -0.25) is 18.9 Å². The molecule has 0 N–H and O–H groups in total. The van der Waals surface area contributed by atoms with Crippen molar-refractivity contribution in [3.05, 3.63) is 33.7 Å². The Kier molecular flexibility index (Phi) is 6.84. The van der Waals surface area contributed by atoms with Gasteiger partial charge in [0.15, 0.2) is 14.8 Å². The fourth-order valence-electron chi connectivity index (χ4n) is 3.28. The Morgan fingerprint density at radius 3 is 2.68 bits per heavy atom. The van der Waals surface area contributed by atoms with Crippen LogP contribution in [-0.4, -0.2) is 71.2 Å². The van der Waals surface area contributed by atoms with Crippen LogP contribution < -0.4 is 5.56 Å². The van der Waals surface area contributed by atoms with Crippen molar-refractivity contribution in [2.24, 2.45) is 0 Å². The van der Waals surface area contributed by atoms with Crippen LogP contribution in [0.3, 0.4) is 0 Å². The van der Waals surface area contributed by atoms with Gasteiger partial charge >= 0.3 is 0 Å². The summed E-state index contributed by atoms with van der Waals surface area (Å²) in [6, 6.07) is 1.54. The minimum absolute atomic E-state index is 0.0823. The summed E-state index contributed by atoms with van der Waals surface area (Å²) in [6.45, 7) is 4.80. The molecule has 0 unspecified atom stereocenters. The normalized spacial score (nSPS) is 16.0. The van der Waals surface area contributed by atoms with Crippen molar-refractivity contribution in [1.82, 2.24) is 19.2 Å². The Hall–Kier alpha value is -1.78. The van der Waals surface area contributed by atoms with E-state index in [1.165, 1.54) is 15.7 Å². The Bertz CT molecular complexity index is 975. The van der Waals surface area contributed by atoms with Crippen molar-refractivity contribution < 1.29 is 13.2 Å². The molecule has 0 spiro atoms. The van der Waals surface area contributed by atoms with Crippen molar-refractivity contribution in [3.63, 3.8) is 0 Å². The van der Waals surface area contributed by atoms with Crippen LogP contribution in [0.25, 0.3) is 4.96 Å². The lowest BCUT2D eigenvalue weighted by Gasteiger charge is -2.34. The zero-order valence-electron chi connectivity index (χ0n) is 16.0. The molecule has 1 saturated heterocycles. The average molecular weight is 427 g/mol. The van der Waals surface area contributed by atoms with E-state index in [2.05, 4.69) is 9.88 Å². The maximum absolute atomic E-state index is 12.3. The van der Waals surface area contributed by atoms with Crippen LogP contribution in [0.1, 0.15) is 31.9 Å². The maximum atomic E-state index is 12.3. The van der Waals surface area contributed by atoms with E-state index in [1.807, 2.05) is 12.3 Å². The fraction of sp³-hybridized carbons (Fsp3) is 0.611. The molecule has 3 heterocycles. The number of aromatic nitrogens is 2. The summed E-state index contributed by atoms with van der Waals surface area (Å²) >= 11 is 1.42. The van der Waals surface area contributed by atoms with Gasteiger partial charge in [0.25, 0.3) is 5.56 Å². The summed E-state index contributed by atoms with van der Waals surface area (Å²) in [5.74, 6) is -0.629. The second-order valence-electron chi connectivity index (χ2n) is 7.10. The van der Waals surface area contributed by atoms with Crippen LogP contribution in [0.2, 0.25) is 0 Å². The first-order valence-electron chi connectivity index (χ1n) is 9.54. The van der Waals surface area contributed by atoms with E-state index in [4.69, 9.17) is 0 Å². The number of carbonyl (C=O) groups is 1. The standard InChI is InChI=1S/C18H26N4O4S2/c1-2-3-4-11-28(25,26)14-17(24)21-7-5-20(6-8-21)13-15-12-16(23)22-9-10-27-18(22)19-15/h9-10,12H,2-8,11,13-14H2,1H3. The zero-order chi connectivity index (χ0) is 20.1. The lowest BCUT2D eigenvalue weighted by Crippen LogP contribution is -2.50. The number of sulfone groups is 1. The van der Waals surface area contributed by atoms with Crippen LogP contribution in [0.15, 0.2) is 22.4 Å². The molecular formula is C18H26N4O4S2. The molecular weight excluding hydrogens is 400 g/mol. The number of fused-ring (bicyclic) bond motifs is 1. The molecule has 2 aromatic heterocycles. The van der Waals surface area contributed by atoms with Gasteiger partial charge in [-0.2, -0.15) is 0 Å². The van der Waals surface area contributed by atoms with Gasteiger partial charge in [-0.05, 0) is 6.42 Å². The lowest BCUT2D eigenvalue weighted by atomic mass is 10.3. The van der Waals surface area contributed by atoms with E-state index >= 15 is 0 Å². The number of amides is 1. The molecule has 2 aromatic rings. The average Bonchev–Trinajstić information content (AvgIpc) is 3.11. The molecule has 0 aliphatic carbocycles. The van der Waals surface area contributed by atoms with Gasteiger partial charge < -0.3 is 4.90 Å². The van der Waals surface area contributed by atoms with E-state index in [1.54, 1.807) is 17.2 Å². The van der Waals surface area contributed by atoms with E-state index in [0.29, 0.717) is 49.8 Å². The number of carbonyl (C=O) groups excluding carboxylic acids is 1. The highest BCUT2D eigenvalue weighted by atomic mass is 32.2. The summed E-state index contributed by atoms with van der Waals surface area (Å²) in [4.78, 5) is 33.4. The summed E-state index contributed by atoms with van der Waals surface area (Å²) in [5, 5.41) is 1.83. The molecule has 10 heteroatoms. The highest BCUT2D eigenvalue weighted by Gasteiger charge is 2.25. The van der Waals surface area contributed by atoms with Gasteiger partial charge in [0.2, 0.25) is 5.91 Å². The van der Waals surface area contributed by atoms with Crippen LogP contribution >= 0.6 is 11.3 Å². The molecule has 3 rings (SSSR count). The molecule has 1 amide bonds. The number of hydrogen-bond donors (Lipinski definition) is 0. The van der Waals surface area contributed by atoms with E-state index in [0.717, 1.165) is 12.8 Å². The molecule has 0 bridgehead atoms. The second-order valence-corrected chi connectivity index (χ2v) is 10.2. The van der Waals surface area contributed by atoms with Gasteiger partial charge in [0.05, 0.1) is 11.4 Å². The van der Waals surface area contributed by atoms with E-state index < -0.39 is 15.6 Å². The predicted octanol–water partition coefficient (Wildman–Crippen LogP) is 1.01. The van der Waals surface area contributed by atoms with E-state index in [9.17, 15) is 18.0 Å². The molecule has 28 heavy (non-hydrogen) atoms. The molecule has 0 aromatic carbocycles. The molecule has 1 aliphatic rings. The number of piperazine rings is 1. The van der Waals surface area contributed by atoms with Gasteiger partial charge in [0, 0.05) is 50.4 Å². The summed E-state index contributed by atoms with van der Waals surface area (Å²) in [5.41, 5.74) is 0.620. The minimum atomic E-state index is -3.34. The van der Waals surface area contributed by atoms with Crippen LogP contribution in [0.4, 0.5) is 0 Å². The van der Waals surface area contributed by atoms with Crippen molar-refractivity contribution >= 4 is 32.0 Å². The number of rotatable bonds is 8. The lowest BCUT2D eigenvalue weighted by molar-refractivity contribution is -0.130. The van der Waals surface area contributed by atoms with Gasteiger partial charge in [-0.1, -0.05) is 19.8 Å². The first kappa shape index (κ1) is 20.9. The number of hydrogen-bond acceptors (Lipinski definition) is 7. The summed E-state index contributed by atoms with van der Waals surface area (Å²) in [7, 11) is -3.34. The van der Waals surface area contributed by atoms with Crippen LogP contribution in [0.5, 0.6) is 0 Å². The van der Waals surface area contributed by atoms with Gasteiger partial charge in [-0.25, -0.2) is 13.4 Å². The van der Waals surface area contributed by atoms with Crippen LogP contribution in [0, 0.1) is 0 Å². The number of unbranched alkanes of at least 4 members (excludes halogenated alkanes) is 2. The summed E-state index contributed by atoms with van der Waals surface area (Å²) in [6.07, 6.45) is 4.13. The SMILES string of the molecule is CCCCCS(=O)(=O)CC(=O)N1CCN(Cc2cc(=O)n3ccsc3n2)CC1. The van der Waals surface area contributed by atoms with Crippen molar-refractivity contribution in [1.29, 1.82) is 0 Å². The Balaban J connectivity index is 1.51. The smallest absolute Gasteiger partial charge is 0.258 e. The van der Waals surface area contributed by atoms with Crippen molar-refractivity contribution in [2.45, 2.75) is 32.7 Å². The quantitative estimate of drug-likeness (QED) is 0.585. The second kappa shape index (κ2) is 9.15. The Morgan fingerprint density at radius 2 is 1.96 bits per heavy atom. The zero-order valence-corrected chi connectivity index (χ0v) is 17.7. The van der Waals surface area contributed by atoms with Gasteiger partial charge in [-0.15, -0.1) is 11.3 Å². The molecule has 0 saturated carbocycles. The Morgan fingerprint density at radius 1 is 1.21 bits per heavy atom. The highest BCUT2D eigenvalue weighted by molar-refractivity contribution is 7.92. The van der Waals surface area contributed by atoms with Crippen molar-refractivity contribution in [2.75, 3.05) is 37.7 Å². The van der Waals surface area contributed by atoms with E-state index in [-0.39, 0.29) is 17.2 Å². The van der Waals surface area contributed by atoms with Crippen LogP contribution in [-0.2, 0) is 21.2 Å². The molecule has 0 radical (unpaired) electrons. The number of nitrogens with zero attached hydrogens (tertiary/aromatic N) is 4. The molecule has 8 nitrogen and oxygen atoms in total. The third-order valence-corrected chi connectivity index (χ3v) is 7.22. The third kappa shape index (κ3) is 5.39. The monoisotopic (exact) mass is 426 g/mol. The molecule has 154 valence electrons. The largest absolute Gasteiger partial charge is 0.339 e. The third-order valence-electron chi connectivity index (χ3n) is 4.87. The van der Waals surface area contributed by atoms with Gasteiger partial charge in [0.1, 0.15) is 5.75 Å². The topological polar surface area (TPSA) is 92.1 Å². The molecule has 1 fully saturated rings. The predicted molar refractivity (Wildman–Crippen MR) is 109 cm³/mol. The Labute approximate surface area is 168 Å². The minimum Gasteiger partial charge on any atom is -0.339 e. The first-order valence-corrected chi connectivity index (χ1v) is 12.2. The van der Waals surface area contributed by atoms with Crippen molar-refractivity contribution in [3.8, 4) is 0 Å². The molecule has 0 atom stereocenters. The maximum Gasteiger partial charge on any atom is 0.258 e. The number of thiazole rings is 1. The fourth-order valence-corrected chi connectivity index (χ4v) is 5.36. The highest BCUT2D eigenvalue weighted by Crippen LogP contribution is 2.11. The molecule has 1 aliphatic heterocycles. The summed E-state index contributed by atoms with van der Waals surface area (Å²) < 4.78 is 25.7. The first-order chi connectivity index (χ1) is 13.4.